The molecule has 1 N–H and O–H groups in total. The summed E-state index contributed by atoms with van der Waals surface area (Å²) in [6.07, 6.45) is 2.45. The molecule has 1 heterocycles. The van der Waals surface area contributed by atoms with Crippen molar-refractivity contribution in [2.45, 2.75) is 31.9 Å². The van der Waals surface area contributed by atoms with Crippen molar-refractivity contribution in [1.29, 1.82) is 0 Å². The van der Waals surface area contributed by atoms with E-state index in [0.717, 1.165) is 32.1 Å². The molecule has 1 saturated heterocycles. The molecule has 4 heteroatoms. The smallest absolute Gasteiger partial charge is 0.131 e. The first-order chi connectivity index (χ1) is 8.58. The Hall–Kier alpha value is -1.13. The zero-order valence-electron chi connectivity index (χ0n) is 10.9. The van der Waals surface area contributed by atoms with E-state index in [4.69, 9.17) is 4.74 Å². The molecule has 3 nitrogen and oxygen atoms in total. The lowest BCUT2D eigenvalue weighted by Crippen LogP contribution is -2.31. The summed E-state index contributed by atoms with van der Waals surface area (Å²) in [7, 11) is 1.97. The van der Waals surface area contributed by atoms with E-state index >= 15 is 0 Å². The Morgan fingerprint density at radius 2 is 2.33 bits per heavy atom. The second-order valence-corrected chi connectivity index (χ2v) is 4.96. The molecule has 0 aromatic heterocycles. The Labute approximate surface area is 107 Å². The SMILES string of the molecule is CC(c1ccc(O)cc1F)N(C)CC1CCCO1. The summed E-state index contributed by atoms with van der Waals surface area (Å²) in [4.78, 5) is 2.09. The van der Waals surface area contributed by atoms with Crippen molar-refractivity contribution in [2.24, 2.45) is 0 Å². The number of nitrogens with zero attached hydrogens (tertiary/aromatic N) is 1. The van der Waals surface area contributed by atoms with Crippen molar-refractivity contribution >= 4 is 0 Å². The Kier molecular flexibility index (Phi) is 4.19. The Bertz CT molecular complexity index is 405. The van der Waals surface area contributed by atoms with Gasteiger partial charge in [-0.2, -0.15) is 0 Å². The van der Waals surface area contributed by atoms with Crippen LogP contribution in [0.15, 0.2) is 18.2 Å². The maximum Gasteiger partial charge on any atom is 0.131 e. The third-order valence-corrected chi connectivity index (χ3v) is 3.61. The summed E-state index contributed by atoms with van der Waals surface area (Å²) in [6, 6.07) is 4.29. The summed E-state index contributed by atoms with van der Waals surface area (Å²) in [5.74, 6) is -0.396. The van der Waals surface area contributed by atoms with Crippen LogP contribution in [0.1, 0.15) is 31.4 Å². The maximum atomic E-state index is 13.8. The van der Waals surface area contributed by atoms with Gasteiger partial charge in [-0.05, 0) is 32.9 Å². The van der Waals surface area contributed by atoms with Crippen molar-refractivity contribution in [2.75, 3.05) is 20.2 Å². The van der Waals surface area contributed by atoms with Gasteiger partial charge in [0, 0.05) is 30.8 Å². The van der Waals surface area contributed by atoms with Crippen LogP contribution in [0.5, 0.6) is 5.75 Å². The van der Waals surface area contributed by atoms with Gasteiger partial charge in [0.05, 0.1) is 6.10 Å². The molecule has 0 spiro atoms. The summed E-state index contributed by atoms with van der Waals surface area (Å²) < 4.78 is 19.3. The van der Waals surface area contributed by atoms with Crippen LogP contribution in [-0.2, 0) is 4.74 Å². The van der Waals surface area contributed by atoms with Crippen molar-refractivity contribution in [3.63, 3.8) is 0 Å². The molecule has 1 aliphatic rings. The first-order valence-electron chi connectivity index (χ1n) is 6.38. The van der Waals surface area contributed by atoms with Crippen LogP contribution >= 0.6 is 0 Å². The average molecular weight is 253 g/mol. The largest absolute Gasteiger partial charge is 0.508 e. The van der Waals surface area contributed by atoms with Gasteiger partial charge in [-0.3, -0.25) is 4.90 Å². The highest BCUT2D eigenvalue weighted by atomic mass is 19.1. The summed E-state index contributed by atoms with van der Waals surface area (Å²) >= 11 is 0. The normalized spacial score (nSPS) is 21.4. The van der Waals surface area contributed by atoms with Gasteiger partial charge in [-0.15, -0.1) is 0 Å². The van der Waals surface area contributed by atoms with Crippen LogP contribution < -0.4 is 0 Å². The van der Waals surface area contributed by atoms with Crippen LogP contribution in [0.2, 0.25) is 0 Å². The number of phenols is 1. The second kappa shape index (κ2) is 5.67. The van der Waals surface area contributed by atoms with Crippen molar-refractivity contribution in [1.82, 2.24) is 4.90 Å². The van der Waals surface area contributed by atoms with Crippen molar-refractivity contribution < 1.29 is 14.2 Å². The maximum absolute atomic E-state index is 13.8. The van der Waals surface area contributed by atoms with Gasteiger partial charge in [0.15, 0.2) is 0 Å². The fourth-order valence-corrected chi connectivity index (χ4v) is 2.36. The van der Waals surface area contributed by atoms with Gasteiger partial charge >= 0.3 is 0 Å². The molecule has 0 radical (unpaired) electrons. The van der Waals surface area contributed by atoms with Gasteiger partial charge < -0.3 is 9.84 Å². The van der Waals surface area contributed by atoms with E-state index in [2.05, 4.69) is 4.90 Å². The minimum Gasteiger partial charge on any atom is -0.508 e. The number of rotatable bonds is 4. The predicted molar refractivity (Wildman–Crippen MR) is 68.1 cm³/mol. The molecule has 0 amide bonds. The Morgan fingerprint density at radius 1 is 1.56 bits per heavy atom. The van der Waals surface area contributed by atoms with E-state index in [1.165, 1.54) is 6.07 Å². The minimum atomic E-state index is -0.360. The van der Waals surface area contributed by atoms with Gasteiger partial charge in [0.2, 0.25) is 0 Å². The van der Waals surface area contributed by atoms with Crippen LogP contribution in [0.4, 0.5) is 4.39 Å². The van der Waals surface area contributed by atoms with Crippen LogP contribution in [0.3, 0.4) is 0 Å². The molecule has 1 aliphatic heterocycles. The van der Waals surface area contributed by atoms with Gasteiger partial charge in [-0.1, -0.05) is 6.07 Å². The third-order valence-electron chi connectivity index (χ3n) is 3.61. The van der Waals surface area contributed by atoms with E-state index in [1.807, 2.05) is 14.0 Å². The van der Waals surface area contributed by atoms with E-state index < -0.39 is 0 Å². The standard InChI is InChI=1S/C14H20FNO2/c1-10(13-6-5-11(17)8-14(13)15)16(2)9-12-4-3-7-18-12/h5-6,8,10,12,17H,3-4,7,9H2,1-2H3. The molecule has 0 saturated carbocycles. The average Bonchev–Trinajstić information content (AvgIpc) is 2.81. The van der Waals surface area contributed by atoms with Crippen LogP contribution in [0.25, 0.3) is 0 Å². The van der Waals surface area contributed by atoms with Crippen LogP contribution in [-0.4, -0.2) is 36.3 Å². The number of hydrogen-bond donors (Lipinski definition) is 1. The van der Waals surface area contributed by atoms with Gasteiger partial charge in [-0.25, -0.2) is 4.39 Å². The van der Waals surface area contributed by atoms with Gasteiger partial charge in [0.25, 0.3) is 0 Å². The lowest BCUT2D eigenvalue weighted by atomic mass is 10.1. The lowest BCUT2D eigenvalue weighted by Gasteiger charge is -2.27. The molecule has 1 fully saturated rings. The molecule has 1 aromatic carbocycles. The van der Waals surface area contributed by atoms with E-state index in [1.54, 1.807) is 6.07 Å². The van der Waals surface area contributed by atoms with Crippen molar-refractivity contribution in [3.8, 4) is 5.75 Å². The number of ether oxygens (including phenoxy) is 1. The van der Waals surface area contributed by atoms with E-state index in [-0.39, 0.29) is 23.7 Å². The molecule has 2 unspecified atom stereocenters. The fourth-order valence-electron chi connectivity index (χ4n) is 2.36. The first-order valence-corrected chi connectivity index (χ1v) is 6.38. The molecule has 100 valence electrons. The number of halogens is 1. The first kappa shape index (κ1) is 13.3. The number of phenolic OH excluding ortho intramolecular Hbond substituents is 1. The zero-order valence-corrected chi connectivity index (χ0v) is 10.9. The van der Waals surface area contributed by atoms with E-state index in [0.29, 0.717) is 5.56 Å². The monoisotopic (exact) mass is 253 g/mol. The highest BCUT2D eigenvalue weighted by molar-refractivity contribution is 5.29. The van der Waals surface area contributed by atoms with Crippen LogP contribution in [0, 0.1) is 5.82 Å². The number of likely N-dealkylation sites (N-methyl/N-ethyl adjacent to an activating group) is 1. The number of hydrogen-bond acceptors (Lipinski definition) is 3. The zero-order chi connectivity index (χ0) is 13.1. The van der Waals surface area contributed by atoms with Crippen molar-refractivity contribution in [3.05, 3.63) is 29.6 Å². The molecule has 1 aromatic rings. The molecule has 2 rings (SSSR count). The summed E-state index contributed by atoms with van der Waals surface area (Å²) in [5, 5.41) is 9.21. The molecule has 0 bridgehead atoms. The summed E-state index contributed by atoms with van der Waals surface area (Å²) in [5.41, 5.74) is 0.605. The Morgan fingerprint density at radius 3 is 2.94 bits per heavy atom. The Balaban J connectivity index is 2.02. The predicted octanol–water partition coefficient (Wildman–Crippen LogP) is 2.70. The number of aromatic hydroxyl groups is 1. The topological polar surface area (TPSA) is 32.7 Å². The quantitative estimate of drug-likeness (QED) is 0.895. The fraction of sp³-hybridized carbons (Fsp3) is 0.571. The van der Waals surface area contributed by atoms with E-state index in [9.17, 15) is 9.50 Å². The molecule has 18 heavy (non-hydrogen) atoms. The highest BCUT2D eigenvalue weighted by Gasteiger charge is 2.22. The summed E-state index contributed by atoms with van der Waals surface area (Å²) in [6.45, 7) is 3.60. The minimum absolute atomic E-state index is 0.0326. The lowest BCUT2D eigenvalue weighted by molar-refractivity contribution is 0.0698. The van der Waals surface area contributed by atoms with Gasteiger partial charge in [0.1, 0.15) is 11.6 Å². The molecular formula is C14H20FNO2. The molecule has 0 aliphatic carbocycles. The third kappa shape index (κ3) is 3.00. The molecular weight excluding hydrogens is 233 g/mol. The highest BCUT2D eigenvalue weighted by Crippen LogP contribution is 2.26. The molecule has 2 atom stereocenters. The second-order valence-electron chi connectivity index (χ2n) is 4.96. The number of benzene rings is 1.